The number of hydrogen-bond donors (Lipinski definition) is 1. The molecule has 24 heavy (non-hydrogen) atoms. The number of amides is 2. The lowest BCUT2D eigenvalue weighted by molar-refractivity contribution is -0.139. The average molecular weight is 359 g/mol. The van der Waals surface area contributed by atoms with Crippen molar-refractivity contribution in [1.82, 2.24) is 10.2 Å². The molecule has 2 amide bonds. The highest BCUT2D eigenvalue weighted by atomic mass is 32.2. The quantitative estimate of drug-likeness (QED) is 0.825. The Hall–Kier alpha value is -1.11. The largest absolute Gasteiger partial charge is 0.351 e. The van der Waals surface area contributed by atoms with E-state index in [9.17, 15) is 18.0 Å². The number of sulfone groups is 1. The molecule has 2 rings (SSSR count). The number of carbonyl (C=O) groups is 2. The van der Waals surface area contributed by atoms with Crippen LogP contribution in [0.15, 0.2) is 0 Å². The van der Waals surface area contributed by atoms with Gasteiger partial charge in [0.15, 0.2) is 9.84 Å². The molecule has 1 N–H and O–H groups in total. The Morgan fingerprint density at radius 1 is 1.00 bits per heavy atom. The van der Waals surface area contributed by atoms with Crippen LogP contribution in [0.1, 0.15) is 52.9 Å². The number of hydrogen-bond acceptors (Lipinski definition) is 4. The molecule has 2 fully saturated rings. The van der Waals surface area contributed by atoms with Gasteiger partial charge >= 0.3 is 0 Å². The van der Waals surface area contributed by atoms with Crippen LogP contribution in [0.2, 0.25) is 0 Å². The zero-order chi connectivity index (χ0) is 18.1. The van der Waals surface area contributed by atoms with E-state index in [4.69, 9.17) is 0 Å². The van der Waals surface area contributed by atoms with Gasteiger partial charge in [-0.1, -0.05) is 0 Å². The zero-order valence-corrected chi connectivity index (χ0v) is 16.0. The minimum Gasteiger partial charge on any atom is -0.351 e. The molecule has 0 aromatic carbocycles. The van der Waals surface area contributed by atoms with Gasteiger partial charge in [0.05, 0.1) is 11.5 Å². The van der Waals surface area contributed by atoms with Crippen LogP contribution in [0, 0.1) is 11.8 Å². The minimum atomic E-state index is -2.99. The third-order valence-corrected chi connectivity index (χ3v) is 6.80. The van der Waals surface area contributed by atoms with Crippen molar-refractivity contribution in [3.63, 3.8) is 0 Å². The van der Waals surface area contributed by atoms with E-state index in [0.29, 0.717) is 19.3 Å². The molecule has 0 aromatic rings. The summed E-state index contributed by atoms with van der Waals surface area (Å²) >= 11 is 0. The Bertz CT molecular complexity index is 586. The van der Waals surface area contributed by atoms with E-state index in [1.807, 2.05) is 20.8 Å². The Balaban J connectivity index is 1.85. The predicted molar refractivity (Wildman–Crippen MR) is 93.2 cm³/mol. The van der Waals surface area contributed by atoms with Crippen LogP contribution in [0.25, 0.3) is 0 Å². The summed E-state index contributed by atoms with van der Waals surface area (Å²) in [6.45, 7) is 5.89. The van der Waals surface area contributed by atoms with E-state index in [1.165, 1.54) is 0 Å². The van der Waals surface area contributed by atoms with Crippen molar-refractivity contribution in [3.05, 3.63) is 0 Å². The first-order valence-corrected chi connectivity index (χ1v) is 10.6. The Morgan fingerprint density at radius 3 is 2.00 bits per heavy atom. The van der Waals surface area contributed by atoms with Gasteiger partial charge in [0.2, 0.25) is 11.8 Å². The fourth-order valence-electron chi connectivity index (χ4n) is 3.62. The molecule has 6 nitrogen and oxygen atoms in total. The van der Waals surface area contributed by atoms with Crippen molar-refractivity contribution in [2.45, 2.75) is 64.5 Å². The third-order valence-electron chi connectivity index (χ3n) is 5.05. The molecule has 0 bridgehead atoms. The van der Waals surface area contributed by atoms with Crippen LogP contribution < -0.4 is 5.32 Å². The van der Waals surface area contributed by atoms with Crippen molar-refractivity contribution >= 4 is 21.7 Å². The summed E-state index contributed by atoms with van der Waals surface area (Å²) < 4.78 is 23.2. The highest BCUT2D eigenvalue weighted by Crippen LogP contribution is 2.31. The summed E-state index contributed by atoms with van der Waals surface area (Å²) in [6, 6.07) is -0.190. The molecule has 138 valence electrons. The minimum absolute atomic E-state index is 0.0227. The molecule has 2 aliphatic rings. The number of nitrogens with one attached hydrogen (secondary N) is 1. The smallest absolute Gasteiger partial charge is 0.225 e. The van der Waals surface area contributed by atoms with Crippen LogP contribution in [0.5, 0.6) is 0 Å². The van der Waals surface area contributed by atoms with Gasteiger partial charge in [0.25, 0.3) is 0 Å². The molecular formula is C17H30N2O4S. The molecule has 1 unspecified atom stereocenters. The lowest BCUT2D eigenvalue weighted by atomic mass is 9.80. The van der Waals surface area contributed by atoms with E-state index in [2.05, 4.69) is 5.32 Å². The van der Waals surface area contributed by atoms with Crippen molar-refractivity contribution in [1.29, 1.82) is 0 Å². The monoisotopic (exact) mass is 358 g/mol. The summed E-state index contributed by atoms with van der Waals surface area (Å²) in [5.74, 6) is 0.256. The van der Waals surface area contributed by atoms with E-state index in [0.717, 1.165) is 12.8 Å². The second kappa shape index (κ2) is 7.02. The molecule has 7 heteroatoms. The molecule has 1 aliphatic heterocycles. The fourth-order valence-corrected chi connectivity index (χ4v) is 5.40. The number of carbonyl (C=O) groups excluding carboxylic acids is 2. The summed E-state index contributed by atoms with van der Waals surface area (Å²) in [6.07, 6.45) is 3.37. The maximum Gasteiger partial charge on any atom is 0.225 e. The molecule has 1 aliphatic carbocycles. The zero-order valence-electron chi connectivity index (χ0n) is 15.2. The lowest BCUT2D eigenvalue weighted by Gasteiger charge is -2.33. The highest BCUT2D eigenvalue weighted by Gasteiger charge is 2.37. The molecule has 1 heterocycles. The fraction of sp³-hybridized carbons (Fsp3) is 0.882. The predicted octanol–water partition coefficient (Wildman–Crippen LogP) is 1.35. The van der Waals surface area contributed by atoms with E-state index >= 15 is 0 Å². The highest BCUT2D eigenvalue weighted by molar-refractivity contribution is 7.91. The number of nitrogens with zero attached hydrogens (tertiary/aromatic N) is 1. The van der Waals surface area contributed by atoms with E-state index in [-0.39, 0.29) is 46.7 Å². The molecule has 0 radical (unpaired) electrons. The van der Waals surface area contributed by atoms with Crippen molar-refractivity contribution in [2.75, 3.05) is 18.6 Å². The SMILES string of the molecule is CN(C(=O)C1CCC(C(=O)NC(C)(C)C)CC1)C1CCS(=O)(=O)C1. The van der Waals surface area contributed by atoms with Crippen LogP contribution in [-0.4, -0.2) is 55.3 Å². The van der Waals surface area contributed by atoms with Gasteiger partial charge < -0.3 is 10.2 Å². The van der Waals surface area contributed by atoms with Crippen LogP contribution >= 0.6 is 0 Å². The average Bonchev–Trinajstić information content (AvgIpc) is 2.84. The summed E-state index contributed by atoms with van der Waals surface area (Å²) in [5, 5.41) is 3.01. The Morgan fingerprint density at radius 2 is 1.54 bits per heavy atom. The van der Waals surface area contributed by atoms with Gasteiger partial charge in [-0.25, -0.2) is 8.42 Å². The van der Waals surface area contributed by atoms with Gasteiger partial charge in [-0.15, -0.1) is 0 Å². The number of rotatable bonds is 3. The van der Waals surface area contributed by atoms with Crippen LogP contribution in [0.3, 0.4) is 0 Å². The van der Waals surface area contributed by atoms with Crippen LogP contribution in [-0.2, 0) is 19.4 Å². The normalized spacial score (nSPS) is 29.9. The first kappa shape index (κ1) is 19.2. The second-order valence-electron chi connectivity index (χ2n) is 8.29. The van der Waals surface area contributed by atoms with E-state index < -0.39 is 9.84 Å². The second-order valence-corrected chi connectivity index (χ2v) is 10.5. The van der Waals surface area contributed by atoms with Gasteiger partial charge in [0, 0.05) is 30.5 Å². The molecule has 0 spiro atoms. The summed E-state index contributed by atoms with van der Waals surface area (Å²) in [7, 11) is -1.27. The summed E-state index contributed by atoms with van der Waals surface area (Å²) in [4.78, 5) is 26.5. The lowest BCUT2D eigenvalue weighted by Crippen LogP contribution is -2.46. The first-order chi connectivity index (χ1) is 11.0. The Labute approximate surface area is 145 Å². The van der Waals surface area contributed by atoms with Gasteiger partial charge in [0.1, 0.15) is 0 Å². The standard InChI is InChI=1S/C17H30N2O4S/c1-17(2,3)18-15(20)12-5-7-13(8-6-12)16(21)19(4)14-9-10-24(22,23)11-14/h12-14H,5-11H2,1-4H3,(H,18,20). The Kier molecular flexibility index (Phi) is 5.62. The third kappa shape index (κ3) is 4.94. The van der Waals surface area contributed by atoms with E-state index in [1.54, 1.807) is 11.9 Å². The van der Waals surface area contributed by atoms with Crippen molar-refractivity contribution in [2.24, 2.45) is 11.8 Å². The molecule has 1 saturated carbocycles. The first-order valence-electron chi connectivity index (χ1n) is 8.77. The van der Waals surface area contributed by atoms with Gasteiger partial charge in [-0.05, 0) is 52.9 Å². The van der Waals surface area contributed by atoms with Crippen LogP contribution in [0.4, 0.5) is 0 Å². The maximum absolute atomic E-state index is 12.6. The molecule has 1 saturated heterocycles. The summed E-state index contributed by atoms with van der Waals surface area (Å²) in [5.41, 5.74) is -0.238. The molecular weight excluding hydrogens is 328 g/mol. The molecule has 0 aromatic heterocycles. The molecule has 1 atom stereocenters. The topological polar surface area (TPSA) is 83.6 Å². The maximum atomic E-state index is 12.6. The van der Waals surface area contributed by atoms with Crippen molar-refractivity contribution in [3.8, 4) is 0 Å². The van der Waals surface area contributed by atoms with Gasteiger partial charge in [-0.3, -0.25) is 9.59 Å². The van der Waals surface area contributed by atoms with Crippen molar-refractivity contribution < 1.29 is 18.0 Å². The van der Waals surface area contributed by atoms with Gasteiger partial charge in [-0.2, -0.15) is 0 Å².